The Labute approximate surface area is 139 Å². The van der Waals surface area contributed by atoms with Crippen LogP contribution in [0, 0.1) is 0 Å². The summed E-state index contributed by atoms with van der Waals surface area (Å²) in [4.78, 5) is 12.8. The number of thiophene rings is 1. The average Bonchev–Trinajstić information content (AvgIpc) is 2.69. The van der Waals surface area contributed by atoms with Crippen LogP contribution in [-0.2, 0) is 5.41 Å². The van der Waals surface area contributed by atoms with Crippen molar-refractivity contribution >= 4 is 54.8 Å². The zero-order valence-electron chi connectivity index (χ0n) is 11.5. The molecule has 5 heteroatoms. The van der Waals surface area contributed by atoms with Crippen LogP contribution < -0.4 is 5.32 Å². The largest absolute Gasteiger partial charge is 0.321 e. The van der Waals surface area contributed by atoms with Crippen LogP contribution in [0.2, 0.25) is 0 Å². The lowest BCUT2D eigenvalue weighted by Gasteiger charge is -2.19. The van der Waals surface area contributed by atoms with E-state index in [1.165, 1.54) is 16.9 Å². The van der Waals surface area contributed by atoms with Crippen molar-refractivity contribution in [3.05, 3.63) is 49.0 Å². The number of carbonyl (C=O) groups excluding carboxylic acids is 1. The van der Waals surface area contributed by atoms with E-state index in [-0.39, 0.29) is 11.3 Å². The Kier molecular flexibility index (Phi) is 4.72. The summed E-state index contributed by atoms with van der Waals surface area (Å²) in [5.74, 6) is -0.0927. The van der Waals surface area contributed by atoms with Crippen LogP contribution >= 0.6 is 43.2 Å². The second-order valence-corrected chi connectivity index (χ2v) is 8.74. The first-order valence-corrected chi connectivity index (χ1v) is 8.54. The predicted molar refractivity (Wildman–Crippen MR) is 92.8 cm³/mol. The van der Waals surface area contributed by atoms with E-state index in [2.05, 4.69) is 70.1 Å². The van der Waals surface area contributed by atoms with Crippen molar-refractivity contribution in [2.75, 3.05) is 5.32 Å². The molecule has 2 nitrogen and oxygen atoms in total. The Balaban J connectivity index is 2.12. The van der Waals surface area contributed by atoms with Gasteiger partial charge < -0.3 is 5.32 Å². The molecule has 0 aliphatic rings. The predicted octanol–water partition coefficient (Wildman–Crippen LogP) is 5.82. The Bertz CT molecular complexity index is 607. The fourth-order valence-electron chi connectivity index (χ4n) is 1.70. The molecule has 0 bridgehead atoms. The number of benzene rings is 1. The SMILES string of the molecule is CC(C)(C)c1ccc(NC(=O)c2cc(Br)c(Br)s2)cc1. The highest BCUT2D eigenvalue weighted by Gasteiger charge is 2.14. The molecule has 106 valence electrons. The summed E-state index contributed by atoms with van der Waals surface area (Å²) >= 11 is 8.18. The fraction of sp³-hybridized carbons (Fsp3) is 0.267. The van der Waals surface area contributed by atoms with Crippen LogP contribution in [0.25, 0.3) is 0 Å². The highest BCUT2D eigenvalue weighted by molar-refractivity contribution is 9.13. The van der Waals surface area contributed by atoms with Crippen molar-refractivity contribution < 1.29 is 4.79 Å². The van der Waals surface area contributed by atoms with Gasteiger partial charge >= 0.3 is 0 Å². The van der Waals surface area contributed by atoms with Crippen molar-refractivity contribution in [2.24, 2.45) is 0 Å². The third-order valence-electron chi connectivity index (χ3n) is 2.88. The first-order valence-electron chi connectivity index (χ1n) is 6.14. The van der Waals surface area contributed by atoms with Gasteiger partial charge in [0.05, 0.1) is 8.66 Å². The lowest BCUT2D eigenvalue weighted by atomic mass is 9.87. The van der Waals surface area contributed by atoms with E-state index < -0.39 is 0 Å². The quantitative estimate of drug-likeness (QED) is 0.656. The summed E-state index contributed by atoms with van der Waals surface area (Å²) in [5, 5.41) is 2.91. The highest BCUT2D eigenvalue weighted by atomic mass is 79.9. The van der Waals surface area contributed by atoms with Crippen molar-refractivity contribution in [1.29, 1.82) is 0 Å². The molecule has 2 aromatic rings. The van der Waals surface area contributed by atoms with Gasteiger partial charge in [0.1, 0.15) is 0 Å². The molecule has 0 atom stereocenters. The van der Waals surface area contributed by atoms with E-state index in [0.717, 1.165) is 13.9 Å². The molecule has 0 aliphatic heterocycles. The molecule has 0 fully saturated rings. The first kappa shape index (κ1) is 15.7. The van der Waals surface area contributed by atoms with E-state index in [9.17, 15) is 4.79 Å². The molecule has 1 aromatic carbocycles. The van der Waals surface area contributed by atoms with Crippen LogP contribution in [0.3, 0.4) is 0 Å². The smallest absolute Gasteiger partial charge is 0.265 e. The number of nitrogens with one attached hydrogen (secondary N) is 1. The normalized spacial score (nSPS) is 11.4. The van der Waals surface area contributed by atoms with Gasteiger partial charge in [0.15, 0.2) is 0 Å². The molecule has 1 N–H and O–H groups in total. The number of halogens is 2. The number of carbonyl (C=O) groups is 1. The van der Waals surface area contributed by atoms with Gasteiger partial charge in [-0.3, -0.25) is 4.79 Å². The summed E-state index contributed by atoms with van der Waals surface area (Å²) in [6.45, 7) is 6.50. The van der Waals surface area contributed by atoms with Crippen LogP contribution in [0.15, 0.2) is 38.6 Å². The number of hydrogen-bond donors (Lipinski definition) is 1. The molecule has 0 aliphatic carbocycles. The van der Waals surface area contributed by atoms with E-state index in [0.29, 0.717) is 4.88 Å². The van der Waals surface area contributed by atoms with Crippen LogP contribution in [0.5, 0.6) is 0 Å². The maximum atomic E-state index is 12.1. The molecule has 0 saturated carbocycles. The zero-order chi connectivity index (χ0) is 14.9. The molecule has 1 amide bonds. The van der Waals surface area contributed by atoms with Crippen molar-refractivity contribution in [3.63, 3.8) is 0 Å². The molecule has 2 rings (SSSR count). The van der Waals surface area contributed by atoms with Crippen molar-refractivity contribution in [1.82, 2.24) is 0 Å². The molecule has 1 heterocycles. The third kappa shape index (κ3) is 3.71. The fourth-order valence-corrected chi connectivity index (χ4v) is 3.64. The van der Waals surface area contributed by atoms with Gasteiger partial charge in [-0.15, -0.1) is 11.3 Å². The summed E-state index contributed by atoms with van der Waals surface area (Å²) in [6, 6.07) is 9.80. The van der Waals surface area contributed by atoms with Gasteiger partial charge in [-0.2, -0.15) is 0 Å². The van der Waals surface area contributed by atoms with Crippen LogP contribution in [0.4, 0.5) is 5.69 Å². The number of hydrogen-bond acceptors (Lipinski definition) is 2. The summed E-state index contributed by atoms with van der Waals surface area (Å²) in [5.41, 5.74) is 2.17. The van der Waals surface area contributed by atoms with Gasteiger partial charge in [-0.1, -0.05) is 32.9 Å². The first-order chi connectivity index (χ1) is 9.27. The van der Waals surface area contributed by atoms with Crippen molar-refractivity contribution in [3.8, 4) is 0 Å². The van der Waals surface area contributed by atoms with Gasteiger partial charge in [0, 0.05) is 10.2 Å². The van der Waals surface area contributed by atoms with Gasteiger partial charge in [-0.25, -0.2) is 0 Å². The van der Waals surface area contributed by atoms with E-state index in [1.807, 2.05) is 18.2 Å². The number of rotatable bonds is 2. The molecule has 0 saturated heterocycles. The summed E-state index contributed by atoms with van der Waals surface area (Å²) < 4.78 is 1.82. The van der Waals surface area contributed by atoms with E-state index in [4.69, 9.17) is 0 Å². The Morgan fingerprint density at radius 3 is 2.20 bits per heavy atom. The molecule has 0 unspecified atom stereocenters. The maximum Gasteiger partial charge on any atom is 0.265 e. The number of amides is 1. The Hall–Kier alpha value is -0.650. The summed E-state index contributed by atoms with van der Waals surface area (Å²) in [7, 11) is 0. The molecular formula is C15H15Br2NOS. The lowest BCUT2D eigenvalue weighted by molar-refractivity contribution is 0.103. The van der Waals surface area contributed by atoms with Crippen molar-refractivity contribution in [2.45, 2.75) is 26.2 Å². The molecule has 0 radical (unpaired) electrons. The monoisotopic (exact) mass is 415 g/mol. The van der Waals surface area contributed by atoms with E-state index >= 15 is 0 Å². The minimum Gasteiger partial charge on any atom is -0.321 e. The second kappa shape index (κ2) is 6.00. The molecule has 20 heavy (non-hydrogen) atoms. The molecular weight excluding hydrogens is 402 g/mol. The molecule has 1 aromatic heterocycles. The Morgan fingerprint density at radius 2 is 1.75 bits per heavy atom. The second-order valence-electron chi connectivity index (χ2n) is 5.51. The topological polar surface area (TPSA) is 29.1 Å². The van der Waals surface area contributed by atoms with Gasteiger partial charge in [-0.05, 0) is 61.0 Å². The minimum atomic E-state index is -0.0927. The third-order valence-corrected chi connectivity index (χ3v) is 6.13. The average molecular weight is 417 g/mol. The van der Waals surface area contributed by atoms with Crippen LogP contribution in [-0.4, -0.2) is 5.91 Å². The standard InChI is InChI=1S/C15H15Br2NOS/c1-15(2,3)9-4-6-10(7-5-9)18-14(19)12-8-11(16)13(17)20-12/h4-8H,1-3H3,(H,18,19). The van der Waals surface area contributed by atoms with Gasteiger partial charge in [0.25, 0.3) is 5.91 Å². The lowest BCUT2D eigenvalue weighted by Crippen LogP contribution is -2.12. The van der Waals surface area contributed by atoms with E-state index in [1.54, 1.807) is 0 Å². The summed E-state index contributed by atoms with van der Waals surface area (Å²) in [6.07, 6.45) is 0. The highest BCUT2D eigenvalue weighted by Crippen LogP contribution is 2.32. The zero-order valence-corrected chi connectivity index (χ0v) is 15.4. The number of anilines is 1. The minimum absolute atomic E-state index is 0.0927. The Morgan fingerprint density at radius 1 is 1.15 bits per heavy atom. The maximum absolute atomic E-state index is 12.1. The van der Waals surface area contributed by atoms with Gasteiger partial charge in [0.2, 0.25) is 0 Å². The molecule has 0 spiro atoms. The van der Waals surface area contributed by atoms with Crippen LogP contribution in [0.1, 0.15) is 36.0 Å².